The topological polar surface area (TPSA) is 152 Å². The number of aliphatic hydroxyl groups is 4. The Hall–Kier alpha value is -2.08. The Labute approximate surface area is 372 Å². The minimum atomic E-state index is -1.61. The van der Waals surface area contributed by atoms with E-state index in [9.17, 15) is 30.0 Å². The average molecular weight is 865 g/mol. The first-order chi connectivity index (χ1) is 29.8. The lowest BCUT2D eigenvalue weighted by molar-refractivity contribution is -0.305. The van der Waals surface area contributed by atoms with Crippen molar-refractivity contribution in [2.75, 3.05) is 19.8 Å². The van der Waals surface area contributed by atoms with Crippen molar-refractivity contribution in [2.45, 2.75) is 256 Å². The molecule has 1 saturated heterocycles. The summed E-state index contributed by atoms with van der Waals surface area (Å²) in [5, 5.41) is 40.1. The van der Waals surface area contributed by atoms with E-state index < -0.39 is 55.4 Å². The molecule has 4 N–H and O–H groups in total. The van der Waals surface area contributed by atoms with Gasteiger partial charge in [0.15, 0.2) is 12.4 Å². The van der Waals surface area contributed by atoms with E-state index in [-0.39, 0.29) is 19.6 Å². The third-order valence-corrected chi connectivity index (χ3v) is 11.6. The molecule has 0 amide bonds. The number of rotatable bonds is 42. The first kappa shape index (κ1) is 56.9. The lowest BCUT2D eigenvalue weighted by Gasteiger charge is -2.39. The van der Waals surface area contributed by atoms with Crippen LogP contribution in [0.2, 0.25) is 0 Å². The highest BCUT2D eigenvalue weighted by Gasteiger charge is 2.44. The lowest BCUT2D eigenvalue weighted by atomic mass is 9.99. The van der Waals surface area contributed by atoms with Crippen LogP contribution in [-0.2, 0) is 28.5 Å². The SMILES string of the molecule is CCCCCCCC/C=C/CCCCCCCCCCCCCC(=O)OC[C@@H](CO[C@H]1O[C@@H](CO)[C@@H](O)C(O)C1O)OC(=O)/C=C/C=C/CCCCCCCCCCCCC. The number of aliphatic hydroxyl groups excluding tert-OH is 4. The van der Waals surface area contributed by atoms with Crippen LogP contribution in [0.15, 0.2) is 36.5 Å². The molecule has 0 aromatic carbocycles. The van der Waals surface area contributed by atoms with Gasteiger partial charge in [-0.05, 0) is 44.9 Å². The summed E-state index contributed by atoms with van der Waals surface area (Å²) in [6, 6.07) is 0. The maximum Gasteiger partial charge on any atom is 0.331 e. The summed E-state index contributed by atoms with van der Waals surface area (Å²) < 4.78 is 22.0. The Morgan fingerprint density at radius 1 is 0.541 bits per heavy atom. The van der Waals surface area contributed by atoms with Crippen molar-refractivity contribution in [3.8, 4) is 0 Å². The maximum atomic E-state index is 12.7. The molecule has 10 nitrogen and oxygen atoms in total. The molecule has 0 aromatic rings. The molecule has 0 saturated carbocycles. The van der Waals surface area contributed by atoms with Gasteiger partial charge in [0.1, 0.15) is 31.0 Å². The molecule has 6 atom stereocenters. The van der Waals surface area contributed by atoms with E-state index in [1.165, 1.54) is 167 Å². The zero-order chi connectivity index (χ0) is 44.4. The second-order valence-electron chi connectivity index (χ2n) is 17.3. The van der Waals surface area contributed by atoms with Gasteiger partial charge in [-0.2, -0.15) is 0 Å². The van der Waals surface area contributed by atoms with E-state index in [0.717, 1.165) is 32.1 Å². The van der Waals surface area contributed by atoms with E-state index in [4.69, 9.17) is 18.9 Å². The molecule has 0 bridgehead atoms. The van der Waals surface area contributed by atoms with Crippen LogP contribution in [0.25, 0.3) is 0 Å². The van der Waals surface area contributed by atoms with Crippen molar-refractivity contribution in [1.29, 1.82) is 0 Å². The highest BCUT2D eigenvalue weighted by atomic mass is 16.7. The van der Waals surface area contributed by atoms with Gasteiger partial charge >= 0.3 is 11.9 Å². The van der Waals surface area contributed by atoms with Gasteiger partial charge in [-0.25, -0.2) is 4.79 Å². The third-order valence-electron chi connectivity index (χ3n) is 11.6. The van der Waals surface area contributed by atoms with Gasteiger partial charge in [-0.3, -0.25) is 4.79 Å². The minimum Gasteiger partial charge on any atom is -0.462 e. The first-order valence-corrected chi connectivity index (χ1v) is 25.1. The lowest BCUT2D eigenvalue weighted by Crippen LogP contribution is -2.59. The van der Waals surface area contributed by atoms with Crippen LogP contribution in [-0.4, -0.2) is 89.0 Å². The second-order valence-corrected chi connectivity index (χ2v) is 17.3. The summed E-state index contributed by atoms with van der Waals surface area (Å²) in [6.07, 6.45) is 42.1. The van der Waals surface area contributed by atoms with Crippen molar-refractivity contribution >= 4 is 11.9 Å². The van der Waals surface area contributed by atoms with Crippen molar-refractivity contribution in [2.24, 2.45) is 0 Å². The maximum absolute atomic E-state index is 12.7. The van der Waals surface area contributed by atoms with Crippen LogP contribution in [0.5, 0.6) is 0 Å². The summed E-state index contributed by atoms with van der Waals surface area (Å²) in [5.74, 6) is -1.05. The zero-order valence-electron chi connectivity index (χ0n) is 38.9. The van der Waals surface area contributed by atoms with E-state index >= 15 is 0 Å². The number of esters is 2. The highest BCUT2D eigenvalue weighted by molar-refractivity contribution is 5.82. The summed E-state index contributed by atoms with van der Waals surface area (Å²) >= 11 is 0. The predicted molar refractivity (Wildman–Crippen MR) is 247 cm³/mol. The van der Waals surface area contributed by atoms with E-state index in [1.54, 1.807) is 6.08 Å². The predicted octanol–water partition coefficient (Wildman–Crippen LogP) is 11.4. The van der Waals surface area contributed by atoms with Gasteiger partial charge in [-0.15, -0.1) is 0 Å². The normalized spacial score (nSPS) is 20.0. The van der Waals surface area contributed by atoms with E-state index in [0.29, 0.717) is 6.42 Å². The molecule has 1 heterocycles. The zero-order valence-corrected chi connectivity index (χ0v) is 38.9. The molecule has 356 valence electrons. The Morgan fingerprint density at radius 2 is 0.984 bits per heavy atom. The fourth-order valence-electron chi connectivity index (χ4n) is 7.62. The molecule has 1 rings (SSSR count). The molecular formula is C51H92O10. The standard InChI is InChI=1S/C51H92O10/c1-3-5-7-9-11-13-15-17-19-20-21-22-23-24-26-27-29-31-33-35-37-39-46(53)58-42-44(43-59-51-50(57)49(56)48(55)45(41-52)61-51)60-47(54)40-38-36-34-32-30-28-25-18-16-14-12-10-8-6-4-2/h17,19,34,36,38,40,44-45,48-52,55-57H,3-16,18,20-33,35,37,39,41-43H2,1-2H3/b19-17+,36-34+,40-38+/t44-,45-,48+,49?,50?,51-/m0/s1. The average Bonchev–Trinajstić information content (AvgIpc) is 3.26. The molecule has 1 aliphatic rings. The third kappa shape index (κ3) is 33.1. The van der Waals surface area contributed by atoms with Crippen LogP contribution in [0.4, 0.5) is 0 Å². The van der Waals surface area contributed by atoms with Crippen LogP contribution >= 0.6 is 0 Å². The number of ether oxygens (including phenoxy) is 4. The quantitative estimate of drug-likeness (QED) is 0.0153. The van der Waals surface area contributed by atoms with Gasteiger partial charge in [0.2, 0.25) is 0 Å². The molecule has 0 radical (unpaired) electrons. The molecule has 1 fully saturated rings. The Morgan fingerprint density at radius 3 is 1.46 bits per heavy atom. The molecule has 1 aliphatic heterocycles. The molecule has 0 aliphatic carbocycles. The minimum absolute atomic E-state index is 0.256. The van der Waals surface area contributed by atoms with E-state index in [2.05, 4.69) is 26.0 Å². The largest absolute Gasteiger partial charge is 0.462 e. The summed E-state index contributed by atoms with van der Waals surface area (Å²) in [6.45, 7) is 3.33. The van der Waals surface area contributed by atoms with E-state index in [1.807, 2.05) is 12.2 Å². The Kier molecular flexibility index (Phi) is 39.1. The van der Waals surface area contributed by atoms with Gasteiger partial charge in [-0.1, -0.05) is 198 Å². The molecule has 0 spiro atoms. The highest BCUT2D eigenvalue weighted by Crippen LogP contribution is 2.23. The smallest absolute Gasteiger partial charge is 0.331 e. The van der Waals surface area contributed by atoms with Crippen molar-refractivity contribution in [3.63, 3.8) is 0 Å². The number of carbonyl (C=O) groups is 2. The number of carbonyl (C=O) groups excluding carboxylic acids is 2. The number of unbranched alkanes of at least 4 members (excludes halogenated alkanes) is 28. The Bertz CT molecular complexity index is 1090. The second kappa shape index (κ2) is 41.9. The Balaban J connectivity index is 2.29. The number of hydrogen-bond donors (Lipinski definition) is 4. The number of hydrogen-bond acceptors (Lipinski definition) is 10. The van der Waals surface area contributed by atoms with Crippen LogP contribution in [0, 0.1) is 0 Å². The van der Waals surface area contributed by atoms with Gasteiger partial charge < -0.3 is 39.4 Å². The fourth-order valence-corrected chi connectivity index (χ4v) is 7.62. The van der Waals surface area contributed by atoms with Gasteiger partial charge in [0, 0.05) is 12.5 Å². The van der Waals surface area contributed by atoms with Crippen LogP contribution in [0.1, 0.15) is 219 Å². The summed E-state index contributed by atoms with van der Waals surface area (Å²) in [7, 11) is 0. The molecule has 61 heavy (non-hydrogen) atoms. The molecule has 0 aromatic heterocycles. The van der Waals surface area contributed by atoms with Gasteiger partial charge in [0.05, 0.1) is 13.2 Å². The van der Waals surface area contributed by atoms with Crippen LogP contribution < -0.4 is 0 Å². The number of allylic oxidation sites excluding steroid dienone is 5. The fraction of sp³-hybridized carbons (Fsp3) is 0.843. The van der Waals surface area contributed by atoms with Crippen LogP contribution in [0.3, 0.4) is 0 Å². The van der Waals surface area contributed by atoms with Crippen molar-refractivity contribution < 1.29 is 49.0 Å². The summed E-state index contributed by atoms with van der Waals surface area (Å²) in [5.41, 5.74) is 0. The van der Waals surface area contributed by atoms with Crippen molar-refractivity contribution in [3.05, 3.63) is 36.5 Å². The molecule has 2 unspecified atom stereocenters. The first-order valence-electron chi connectivity index (χ1n) is 25.1. The molecule has 10 heteroatoms. The van der Waals surface area contributed by atoms with Crippen molar-refractivity contribution in [1.82, 2.24) is 0 Å². The molecular weight excluding hydrogens is 773 g/mol. The van der Waals surface area contributed by atoms with Gasteiger partial charge in [0.25, 0.3) is 0 Å². The summed E-state index contributed by atoms with van der Waals surface area (Å²) in [4.78, 5) is 25.3. The monoisotopic (exact) mass is 865 g/mol.